The Labute approximate surface area is 203 Å². The molecule has 188 valence electrons. The number of halogens is 3. The summed E-state index contributed by atoms with van der Waals surface area (Å²) in [5, 5.41) is 0.319. The molecule has 0 radical (unpaired) electrons. The molecule has 5 nitrogen and oxygen atoms in total. The monoisotopic (exact) mass is 516 g/mol. The highest BCUT2D eigenvalue weighted by Gasteiger charge is 2.28. The predicted octanol–water partition coefficient (Wildman–Crippen LogP) is 5.34. The first-order chi connectivity index (χ1) is 16.1. The number of benzene rings is 1. The number of hydrogen-bond donors (Lipinski definition) is 0. The molecule has 0 spiro atoms. The largest absolute Gasteiger partial charge is 0.464 e. The van der Waals surface area contributed by atoms with E-state index >= 15 is 0 Å². The molecule has 4 rings (SSSR count). The molecule has 10 heteroatoms. The van der Waals surface area contributed by atoms with Crippen LogP contribution in [-0.4, -0.2) is 49.7 Å². The van der Waals surface area contributed by atoms with Crippen LogP contribution in [0.3, 0.4) is 0 Å². The topological polar surface area (TPSA) is 59.5 Å². The summed E-state index contributed by atoms with van der Waals surface area (Å²) in [5.74, 6) is -2.64. The second-order valence-electron chi connectivity index (χ2n) is 9.65. The average Bonchev–Trinajstić information content (AvgIpc) is 3.19. The zero-order chi connectivity index (χ0) is 24.3. The van der Waals surface area contributed by atoms with E-state index in [2.05, 4.69) is 9.88 Å². The van der Waals surface area contributed by atoms with Crippen molar-refractivity contribution in [2.75, 3.05) is 25.4 Å². The molecular weight excluding hydrogens is 485 g/mol. The van der Waals surface area contributed by atoms with E-state index in [-0.39, 0.29) is 16.6 Å². The Kier molecular flexibility index (Phi) is 7.89. The number of sulfone groups is 1. The summed E-state index contributed by atoms with van der Waals surface area (Å²) in [6.07, 6.45) is 5.65. The van der Waals surface area contributed by atoms with Crippen LogP contribution in [0.15, 0.2) is 29.2 Å². The zero-order valence-corrected chi connectivity index (χ0v) is 20.9. The summed E-state index contributed by atoms with van der Waals surface area (Å²) in [7, 11) is -3.47. The molecule has 0 N–H and O–H groups in total. The van der Waals surface area contributed by atoms with Crippen molar-refractivity contribution in [1.29, 1.82) is 0 Å². The molecule has 1 aromatic heterocycles. The van der Waals surface area contributed by atoms with Crippen molar-refractivity contribution in [3.63, 3.8) is 0 Å². The van der Waals surface area contributed by atoms with Crippen LogP contribution in [0, 0.1) is 17.7 Å². The lowest BCUT2D eigenvalue weighted by molar-refractivity contribution is -0.0230. The van der Waals surface area contributed by atoms with Gasteiger partial charge in [0.25, 0.3) is 11.1 Å². The van der Waals surface area contributed by atoms with Gasteiger partial charge in [0.2, 0.25) is 0 Å². The van der Waals surface area contributed by atoms with Crippen LogP contribution < -0.4 is 4.74 Å². The lowest BCUT2D eigenvalue weighted by Crippen LogP contribution is -2.32. The molecule has 0 amide bonds. The van der Waals surface area contributed by atoms with E-state index in [0.717, 1.165) is 75.2 Å². The number of fused-ring (bicyclic) bond motifs is 1. The van der Waals surface area contributed by atoms with Gasteiger partial charge in [-0.3, -0.25) is 4.90 Å². The number of ether oxygens (including phenoxy) is 1. The quantitative estimate of drug-likeness (QED) is 0.450. The summed E-state index contributed by atoms with van der Waals surface area (Å²) >= 11 is 1.36. The van der Waals surface area contributed by atoms with Crippen LogP contribution in [0.25, 0.3) is 0 Å². The molecule has 1 aromatic carbocycles. The van der Waals surface area contributed by atoms with Crippen LogP contribution in [0.1, 0.15) is 49.6 Å². The smallest absolute Gasteiger partial charge is 0.278 e. The summed E-state index contributed by atoms with van der Waals surface area (Å²) < 4.78 is 69.9. The molecule has 0 unspecified atom stereocenters. The van der Waals surface area contributed by atoms with Crippen LogP contribution in [0.4, 0.5) is 13.2 Å². The van der Waals surface area contributed by atoms with Crippen LogP contribution in [0.5, 0.6) is 5.19 Å². The van der Waals surface area contributed by atoms with Crippen molar-refractivity contribution < 1.29 is 26.3 Å². The summed E-state index contributed by atoms with van der Waals surface area (Å²) in [4.78, 5) is 7.95. The minimum absolute atomic E-state index is 0.0677. The molecule has 34 heavy (non-hydrogen) atoms. The van der Waals surface area contributed by atoms with Crippen LogP contribution in [-0.2, 0) is 22.8 Å². The number of alkyl halides is 2. The van der Waals surface area contributed by atoms with E-state index in [1.807, 2.05) is 0 Å². The fourth-order valence-electron chi connectivity index (χ4n) is 4.79. The van der Waals surface area contributed by atoms with E-state index in [1.54, 1.807) is 0 Å². The summed E-state index contributed by atoms with van der Waals surface area (Å²) in [5.41, 5.74) is 0.928. The first kappa shape index (κ1) is 25.4. The molecule has 2 aliphatic rings. The van der Waals surface area contributed by atoms with Gasteiger partial charge in [0.05, 0.1) is 16.3 Å². The number of nitrogens with zero attached hydrogens (tertiary/aromatic N) is 2. The zero-order valence-electron chi connectivity index (χ0n) is 19.3. The van der Waals surface area contributed by atoms with Crippen molar-refractivity contribution in [1.82, 2.24) is 9.88 Å². The predicted molar refractivity (Wildman–Crippen MR) is 126 cm³/mol. The summed E-state index contributed by atoms with van der Waals surface area (Å²) in [6, 6.07) is 5.25. The maximum Gasteiger partial charge on any atom is 0.278 e. The molecule has 1 aliphatic heterocycles. The van der Waals surface area contributed by atoms with Gasteiger partial charge in [-0.15, -0.1) is 0 Å². The van der Waals surface area contributed by atoms with Gasteiger partial charge in [-0.25, -0.2) is 26.6 Å². The minimum atomic E-state index is -3.47. The van der Waals surface area contributed by atoms with Gasteiger partial charge in [0.15, 0.2) is 16.4 Å². The Bertz CT molecular complexity index is 1080. The normalized spacial score (nSPS) is 21.9. The van der Waals surface area contributed by atoms with Crippen molar-refractivity contribution in [3.05, 3.63) is 40.7 Å². The third-order valence-corrected chi connectivity index (χ3v) is 9.62. The fraction of sp³-hybridized carbons (Fsp3) is 0.625. The molecule has 1 saturated carbocycles. The van der Waals surface area contributed by atoms with Crippen molar-refractivity contribution in [2.45, 2.75) is 62.8 Å². The van der Waals surface area contributed by atoms with Gasteiger partial charge in [-0.1, -0.05) is 30.2 Å². The van der Waals surface area contributed by atoms with Crippen LogP contribution in [0.2, 0.25) is 0 Å². The van der Waals surface area contributed by atoms with Crippen molar-refractivity contribution in [2.24, 2.45) is 11.8 Å². The highest BCUT2D eigenvalue weighted by molar-refractivity contribution is 7.91. The van der Waals surface area contributed by atoms with Gasteiger partial charge in [-0.05, 0) is 62.3 Å². The standard InChI is InChI=1S/C24H31F3N2O3S2/c1-24(26,27)16-32-23-28-21-14-29(12-10-22(21)33-23)11-9-17-5-7-18(8-6-17)15-34(30,31)20-4-2-3-19(25)13-20/h2-4,13,17-18H,5-12,14-16H2,1H3. The molecule has 1 fully saturated rings. The second-order valence-corrected chi connectivity index (χ2v) is 12.7. The lowest BCUT2D eigenvalue weighted by Gasteiger charge is -2.31. The molecule has 2 heterocycles. The lowest BCUT2D eigenvalue weighted by atomic mass is 9.81. The molecule has 0 atom stereocenters. The van der Waals surface area contributed by atoms with E-state index in [4.69, 9.17) is 4.74 Å². The number of aromatic nitrogens is 1. The molecule has 2 aromatic rings. The SMILES string of the molecule is CC(F)(F)COc1nc2c(s1)CCN(CCC1CCC(CS(=O)(=O)c3cccc(F)c3)CC1)C2. The minimum Gasteiger partial charge on any atom is -0.464 e. The Morgan fingerprint density at radius 2 is 1.94 bits per heavy atom. The van der Waals surface area contributed by atoms with Crippen LogP contribution >= 0.6 is 11.3 Å². The Morgan fingerprint density at radius 3 is 2.65 bits per heavy atom. The van der Waals surface area contributed by atoms with Crippen molar-refractivity contribution >= 4 is 21.2 Å². The van der Waals surface area contributed by atoms with Gasteiger partial charge in [0.1, 0.15) is 5.82 Å². The van der Waals surface area contributed by atoms with Gasteiger partial charge in [-0.2, -0.15) is 0 Å². The van der Waals surface area contributed by atoms with Gasteiger partial charge in [0, 0.05) is 24.9 Å². The Morgan fingerprint density at radius 1 is 1.21 bits per heavy atom. The third-order valence-electron chi connectivity index (χ3n) is 6.67. The van der Waals surface area contributed by atoms with Gasteiger partial charge >= 0.3 is 0 Å². The van der Waals surface area contributed by atoms with E-state index in [0.29, 0.717) is 17.7 Å². The fourth-order valence-corrected chi connectivity index (χ4v) is 7.42. The highest BCUT2D eigenvalue weighted by Crippen LogP contribution is 2.34. The molecule has 0 saturated heterocycles. The molecular formula is C24H31F3N2O3S2. The third kappa shape index (κ3) is 6.95. The first-order valence-corrected chi connectivity index (χ1v) is 14.2. The van der Waals surface area contributed by atoms with Crippen molar-refractivity contribution in [3.8, 4) is 5.19 Å². The Hall–Kier alpha value is -1.65. The second kappa shape index (κ2) is 10.5. The Balaban J connectivity index is 1.20. The molecule has 0 bridgehead atoms. The van der Waals surface area contributed by atoms with E-state index in [9.17, 15) is 21.6 Å². The number of hydrogen-bond acceptors (Lipinski definition) is 6. The average molecular weight is 517 g/mol. The van der Waals surface area contributed by atoms with E-state index < -0.39 is 28.2 Å². The maximum absolute atomic E-state index is 13.4. The number of thiazole rings is 1. The maximum atomic E-state index is 13.4. The van der Waals surface area contributed by atoms with E-state index in [1.165, 1.54) is 29.5 Å². The summed E-state index contributed by atoms with van der Waals surface area (Å²) in [6.45, 7) is 2.74. The number of rotatable bonds is 9. The highest BCUT2D eigenvalue weighted by atomic mass is 32.2. The molecule has 1 aliphatic carbocycles. The van der Waals surface area contributed by atoms with Gasteiger partial charge < -0.3 is 4.74 Å². The first-order valence-electron chi connectivity index (χ1n) is 11.8.